The van der Waals surface area contributed by atoms with Crippen LogP contribution in [0.5, 0.6) is 0 Å². The summed E-state index contributed by atoms with van der Waals surface area (Å²) in [6.07, 6.45) is 1.43. The van der Waals surface area contributed by atoms with Crippen molar-refractivity contribution >= 4 is 40.8 Å². The van der Waals surface area contributed by atoms with Crippen molar-refractivity contribution in [1.29, 1.82) is 0 Å². The number of ether oxygens (including phenoxy) is 1. The molecule has 1 N–H and O–H groups in total. The fourth-order valence-corrected chi connectivity index (χ4v) is 3.74. The summed E-state index contributed by atoms with van der Waals surface area (Å²) in [5.74, 6) is 0.0499. The zero-order chi connectivity index (χ0) is 19.7. The van der Waals surface area contributed by atoms with Crippen LogP contribution in [0.2, 0.25) is 10.0 Å². The molecule has 1 aliphatic heterocycles. The van der Waals surface area contributed by atoms with E-state index in [1.165, 1.54) is 6.33 Å². The molecule has 0 amide bonds. The number of nitrogens with one attached hydrogen (secondary N) is 1. The van der Waals surface area contributed by atoms with Crippen molar-refractivity contribution in [2.45, 2.75) is 13.0 Å². The van der Waals surface area contributed by atoms with Crippen LogP contribution in [0.15, 0.2) is 60.4 Å². The molecule has 6 nitrogen and oxygen atoms in total. The molecule has 0 saturated carbocycles. The minimum Gasteiger partial charge on any atom is -0.463 e. The Balaban J connectivity index is 1.99. The summed E-state index contributed by atoms with van der Waals surface area (Å²) < 4.78 is 6.99. The normalized spacial score (nSPS) is 15.8. The third-order valence-corrected chi connectivity index (χ3v) is 4.97. The molecule has 0 aliphatic carbocycles. The lowest BCUT2D eigenvalue weighted by Gasteiger charge is -2.30. The second kappa shape index (κ2) is 7.66. The minimum atomic E-state index is -0.613. The van der Waals surface area contributed by atoms with Crippen molar-refractivity contribution in [3.63, 3.8) is 0 Å². The van der Waals surface area contributed by atoms with E-state index in [2.05, 4.69) is 15.4 Å². The van der Waals surface area contributed by atoms with Crippen LogP contribution in [0, 0.1) is 0 Å². The molecule has 1 unspecified atom stereocenters. The molecule has 4 rings (SSSR count). The summed E-state index contributed by atoms with van der Waals surface area (Å²) in [6.45, 7) is 2.01. The molecule has 0 bridgehead atoms. The summed E-state index contributed by atoms with van der Waals surface area (Å²) in [7, 11) is 0. The Bertz CT molecular complexity index is 1060. The average molecular weight is 415 g/mol. The van der Waals surface area contributed by atoms with Crippen molar-refractivity contribution in [2.24, 2.45) is 0 Å². The summed E-state index contributed by atoms with van der Waals surface area (Å²) in [5.41, 5.74) is 2.51. The van der Waals surface area contributed by atoms with E-state index in [-0.39, 0.29) is 6.61 Å². The summed E-state index contributed by atoms with van der Waals surface area (Å²) in [6, 6.07) is 14.1. The second-order valence-corrected chi connectivity index (χ2v) is 6.94. The zero-order valence-electron chi connectivity index (χ0n) is 14.9. The van der Waals surface area contributed by atoms with Gasteiger partial charge in [-0.05, 0) is 24.6 Å². The first kappa shape index (κ1) is 18.5. The number of anilines is 1. The van der Waals surface area contributed by atoms with Gasteiger partial charge in [0, 0.05) is 15.6 Å². The van der Waals surface area contributed by atoms with Gasteiger partial charge in [0.25, 0.3) is 0 Å². The lowest BCUT2D eigenvalue weighted by atomic mass is 9.93. The van der Waals surface area contributed by atoms with E-state index in [1.54, 1.807) is 29.8 Å². The van der Waals surface area contributed by atoms with Crippen molar-refractivity contribution < 1.29 is 9.53 Å². The van der Waals surface area contributed by atoms with Crippen molar-refractivity contribution in [2.75, 3.05) is 11.9 Å². The Morgan fingerprint density at radius 2 is 2.00 bits per heavy atom. The van der Waals surface area contributed by atoms with Gasteiger partial charge in [0.05, 0.1) is 17.9 Å². The fraction of sp³-hybridized carbons (Fsp3) is 0.150. The van der Waals surface area contributed by atoms with E-state index >= 15 is 0 Å². The van der Waals surface area contributed by atoms with E-state index in [0.29, 0.717) is 32.8 Å². The minimum absolute atomic E-state index is 0.246. The number of hydrogen-bond donors (Lipinski definition) is 1. The van der Waals surface area contributed by atoms with Crippen LogP contribution in [0.1, 0.15) is 24.1 Å². The Kier molecular flexibility index (Phi) is 5.07. The van der Waals surface area contributed by atoms with E-state index in [4.69, 9.17) is 27.9 Å². The summed E-state index contributed by atoms with van der Waals surface area (Å²) >= 11 is 12.6. The van der Waals surface area contributed by atoms with Crippen LogP contribution in [0.3, 0.4) is 0 Å². The molecule has 8 heteroatoms. The van der Waals surface area contributed by atoms with Crippen LogP contribution >= 0.6 is 23.2 Å². The van der Waals surface area contributed by atoms with Crippen molar-refractivity contribution in [3.8, 4) is 0 Å². The van der Waals surface area contributed by atoms with E-state index in [0.717, 1.165) is 5.56 Å². The van der Waals surface area contributed by atoms with Crippen molar-refractivity contribution in [1.82, 2.24) is 14.8 Å². The number of benzene rings is 2. The predicted molar refractivity (Wildman–Crippen MR) is 108 cm³/mol. The van der Waals surface area contributed by atoms with Gasteiger partial charge in [-0.3, -0.25) is 0 Å². The Morgan fingerprint density at radius 3 is 2.71 bits per heavy atom. The highest BCUT2D eigenvalue weighted by molar-refractivity contribution is 6.35. The molecular formula is C20H16Cl2N4O2. The maximum absolute atomic E-state index is 13.0. The van der Waals surface area contributed by atoms with E-state index in [1.807, 2.05) is 30.3 Å². The number of nitrogens with zero attached hydrogens (tertiary/aromatic N) is 3. The van der Waals surface area contributed by atoms with E-state index < -0.39 is 12.0 Å². The van der Waals surface area contributed by atoms with Crippen LogP contribution in [0.4, 0.5) is 5.95 Å². The molecule has 0 spiro atoms. The number of carbonyl (C=O) groups excluding carboxylic acids is 1. The number of rotatable bonds is 4. The molecule has 1 aliphatic rings. The van der Waals surface area contributed by atoms with Crippen LogP contribution in [-0.2, 0) is 9.53 Å². The number of fused-ring (bicyclic) bond motifs is 1. The molecule has 2 aromatic carbocycles. The van der Waals surface area contributed by atoms with Gasteiger partial charge in [0.2, 0.25) is 5.95 Å². The average Bonchev–Trinajstić information content (AvgIpc) is 3.16. The van der Waals surface area contributed by atoms with E-state index in [9.17, 15) is 4.79 Å². The molecule has 28 heavy (non-hydrogen) atoms. The molecule has 3 aromatic rings. The van der Waals surface area contributed by atoms with Crippen LogP contribution in [-0.4, -0.2) is 27.3 Å². The van der Waals surface area contributed by atoms with Gasteiger partial charge in [-0.2, -0.15) is 10.1 Å². The van der Waals surface area contributed by atoms with Crippen molar-refractivity contribution in [3.05, 3.63) is 81.6 Å². The maximum atomic E-state index is 13.0. The molecule has 0 saturated heterocycles. The molecule has 1 atom stereocenters. The van der Waals surface area contributed by atoms with Crippen LogP contribution < -0.4 is 5.32 Å². The van der Waals surface area contributed by atoms with Gasteiger partial charge in [-0.15, -0.1) is 0 Å². The molecule has 1 aromatic heterocycles. The summed E-state index contributed by atoms with van der Waals surface area (Å²) in [5, 5.41) is 8.45. The predicted octanol–water partition coefficient (Wildman–Crippen LogP) is 4.57. The highest BCUT2D eigenvalue weighted by Crippen LogP contribution is 2.41. The van der Waals surface area contributed by atoms with Crippen LogP contribution in [0.25, 0.3) is 5.70 Å². The summed E-state index contributed by atoms with van der Waals surface area (Å²) in [4.78, 5) is 17.3. The molecule has 0 fully saturated rings. The number of hydrogen-bond acceptors (Lipinski definition) is 5. The SMILES string of the molecule is CCOC(=O)C1=C(c2ccccc2)Nc2ncnn2C1c1ccc(Cl)cc1Cl. The lowest BCUT2D eigenvalue weighted by molar-refractivity contribution is -0.138. The molecule has 0 radical (unpaired) electrons. The monoisotopic (exact) mass is 414 g/mol. The molecular weight excluding hydrogens is 399 g/mol. The third kappa shape index (κ3) is 3.25. The first-order chi connectivity index (χ1) is 13.6. The number of esters is 1. The quantitative estimate of drug-likeness (QED) is 0.632. The second-order valence-electron chi connectivity index (χ2n) is 6.10. The Morgan fingerprint density at radius 1 is 1.21 bits per heavy atom. The number of carbonyl (C=O) groups is 1. The zero-order valence-corrected chi connectivity index (χ0v) is 16.4. The Labute approximate surface area is 171 Å². The van der Waals surface area contributed by atoms with Gasteiger partial charge in [0.15, 0.2) is 0 Å². The lowest BCUT2D eigenvalue weighted by Crippen LogP contribution is -2.30. The third-order valence-electron chi connectivity index (χ3n) is 4.41. The van der Waals surface area contributed by atoms with Gasteiger partial charge < -0.3 is 10.1 Å². The van der Waals surface area contributed by atoms with Gasteiger partial charge in [-0.25, -0.2) is 9.48 Å². The highest BCUT2D eigenvalue weighted by atomic mass is 35.5. The Hall–Kier alpha value is -2.83. The maximum Gasteiger partial charge on any atom is 0.338 e. The smallest absolute Gasteiger partial charge is 0.338 e. The largest absolute Gasteiger partial charge is 0.463 e. The number of halogens is 2. The van der Waals surface area contributed by atoms with Gasteiger partial charge in [-0.1, -0.05) is 59.6 Å². The van der Waals surface area contributed by atoms with Gasteiger partial charge >= 0.3 is 5.97 Å². The highest BCUT2D eigenvalue weighted by Gasteiger charge is 2.37. The standard InChI is InChI=1S/C20H16Cl2N4O2/c1-2-28-19(27)16-17(12-6-4-3-5-7-12)25-20-23-11-24-26(20)18(16)14-9-8-13(21)10-15(14)22/h3-11,18H,2H2,1H3,(H,23,24,25). The molecule has 142 valence electrons. The topological polar surface area (TPSA) is 69.0 Å². The fourth-order valence-electron chi connectivity index (χ4n) is 3.23. The first-order valence-corrected chi connectivity index (χ1v) is 9.44. The molecule has 2 heterocycles. The number of aromatic nitrogens is 3. The first-order valence-electron chi connectivity index (χ1n) is 8.68. The van der Waals surface area contributed by atoms with Gasteiger partial charge in [0.1, 0.15) is 12.4 Å².